The number of allylic oxidation sites excluding steroid dienone is 1. The Morgan fingerprint density at radius 1 is 1.14 bits per heavy atom. The number of rotatable bonds is 7. The minimum Gasteiger partial charge on any atom is -0.127 e. The third-order valence-electron chi connectivity index (χ3n) is 7.85. The molecule has 1 aromatic carbocycles. The monoisotopic (exact) mass is 396 g/mol. The van der Waals surface area contributed by atoms with Crippen LogP contribution in [-0.2, 0) is 11.0 Å². The number of hydrogen-bond acceptors (Lipinski definition) is 0. The highest BCUT2D eigenvalue weighted by molar-refractivity contribution is 7.81. The average molecular weight is 397 g/mol. The van der Waals surface area contributed by atoms with E-state index >= 15 is 0 Å². The summed E-state index contributed by atoms with van der Waals surface area (Å²) in [7, 11) is -1.09. The van der Waals surface area contributed by atoms with Gasteiger partial charge in [-0.15, -0.1) is 9.36 Å². The molecule has 1 aromatic heterocycles. The van der Waals surface area contributed by atoms with Crippen molar-refractivity contribution in [1.82, 2.24) is 4.68 Å². The number of nitrogens with zero attached hydrogens (tertiary/aromatic N) is 2. The maximum absolute atomic E-state index is 4.50. The Balaban J connectivity index is 1.85. The number of benzene rings is 1. The lowest BCUT2D eigenvalue weighted by Gasteiger charge is -2.57. The minimum absolute atomic E-state index is 0.0333. The maximum atomic E-state index is 4.50. The van der Waals surface area contributed by atoms with E-state index in [9.17, 15) is 0 Å². The minimum atomic E-state index is -1.09. The van der Waals surface area contributed by atoms with E-state index in [0.29, 0.717) is 0 Å². The van der Waals surface area contributed by atoms with Gasteiger partial charge in [0.1, 0.15) is 5.69 Å². The van der Waals surface area contributed by atoms with E-state index in [1.165, 1.54) is 48.7 Å². The van der Waals surface area contributed by atoms with Gasteiger partial charge in [-0.25, -0.2) is 0 Å². The molecule has 2 aromatic rings. The Kier molecular flexibility index (Phi) is 4.86. The van der Waals surface area contributed by atoms with Crippen LogP contribution < -0.4 is 9.99 Å². The second kappa shape index (κ2) is 6.84. The molecule has 1 aliphatic carbocycles. The van der Waals surface area contributed by atoms with Gasteiger partial charge < -0.3 is 0 Å². The second-order valence-electron chi connectivity index (χ2n) is 9.43. The second-order valence-corrected chi connectivity index (χ2v) is 13.8. The van der Waals surface area contributed by atoms with Crippen LogP contribution >= 0.6 is 7.26 Å². The molecule has 1 saturated carbocycles. The van der Waals surface area contributed by atoms with Gasteiger partial charge >= 0.3 is 0 Å². The van der Waals surface area contributed by atoms with E-state index in [4.69, 9.17) is 0 Å². The van der Waals surface area contributed by atoms with Crippen molar-refractivity contribution in [2.75, 3.05) is 19.5 Å². The lowest BCUT2D eigenvalue weighted by Crippen LogP contribution is -2.78. The van der Waals surface area contributed by atoms with Crippen LogP contribution in [0.25, 0.3) is 5.69 Å². The molecule has 0 amide bonds. The fourth-order valence-corrected chi connectivity index (χ4v) is 8.40. The van der Waals surface area contributed by atoms with Crippen LogP contribution in [0.3, 0.4) is 0 Å². The Bertz CT molecular complexity index is 909. The number of fused-ring (bicyclic) bond motifs is 6. The Morgan fingerprint density at radius 2 is 1.93 bits per heavy atom. The predicted octanol–water partition coefficient (Wildman–Crippen LogP) is 5.58. The van der Waals surface area contributed by atoms with Crippen LogP contribution in [0.2, 0.25) is 0 Å². The highest BCUT2D eigenvalue weighted by atomic mass is 31.2. The third kappa shape index (κ3) is 2.40. The lowest BCUT2D eigenvalue weighted by atomic mass is 9.46. The smallest absolute Gasteiger partial charge is 0.127 e. The van der Waals surface area contributed by atoms with Crippen LogP contribution in [0.1, 0.15) is 64.9 Å². The van der Waals surface area contributed by atoms with Crippen molar-refractivity contribution in [3.63, 3.8) is 0 Å². The summed E-state index contributed by atoms with van der Waals surface area (Å²) in [6.07, 6.45) is 13.3. The zero-order chi connectivity index (χ0) is 20.2. The van der Waals surface area contributed by atoms with Gasteiger partial charge in [-0.2, -0.15) is 0 Å². The highest BCUT2D eigenvalue weighted by Crippen LogP contribution is 2.63. The van der Waals surface area contributed by atoms with Crippen LogP contribution in [0.5, 0.6) is 0 Å². The van der Waals surface area contributed by atoms with E-state index in [1.54, 1.807) is 5.30 Å². The fourth-order valence-electron chi connectivity index (χ4n) is 6.18. The summed E-state index contributed by atoms with van der Waals surface area (Å²) in [6.45, 7) is 16.5. The first-order valence-corrected chi connectivity index (χ1v) is 14.0. The zero-order valence-corrected chi connectivity index (χ0v) is 19.4. The SMILES string of the molecule is C=C1CC2(CC)c3ccc([P+](C)(C)CCCCC)cc3-n3ccc[n+]3C12CC. The molecule has 1 fully saturated rings. The molecule has 0 bridgehead atoms. The van der Waals surface area contributed by atoms with E-state index in [0.717, 1.165) is 12.8 Å². The van der Waals surface area contributed by atoms with Crippen molar-refractivity contribution in [3.05, 3.63) is 54.4 Å². The summed E-state index contributed by atoms with van der Waals surface area (Å²) in [6, 6.07) is 9.68. The van der Waals surface area contributed by atoms with E-state index in [1.807, 2.05) is 0 Å². The molecule has 4 rings (SSSR count). The first kappa shape index (κ1) is 19.9. The van der Waals surface area contributed by atoms with E-state index in [-0.39, 0.29) is 11.0 Å². The van der Waals surface area contributed by atoms with Gasteiger partial charge in [0.05, 0.1) is 36.4 Å². The van der Waals surface area contributed by atoms with Crippen molar-refractivity contribution in [1.29, 1.82) is 0 Å². The van der Waals surface area contributed by atoms with Crippen LogP contribution in [0, 0.1) is 0 Å². The topological polar surface area (TPSA) is 8.81 Å². The van der Waals surface area contributed by atoms with E-state index < -0.39 is 7.26 Å². The number of hydrogen-bond donors (Lipinski definition) is 0. The van der Waals surface area contributed by atoms with Gasteiger partial charge in [0.15, 0.2) is 6.20 Å². The Labute approximate surface area is 172 Å². The highest BCUT2D eigenvalue weighted by Gasteiger charge is 2.71. The summed E-state index contributed by atoms with van der Waals surface area (Å²) >= 11 is 0. The van der Waals surface area contributed by atoms with Crippen LogP contribution in [0.4, 0.5) is 0 Å². The first-order valence-electron chi connectivity index (χ1n) is 11.1. The summed E-state index contributed by atoms with van der Waals surface area (Å²) in [5.74, 6) is 0. The average Bonchev–Trinajstić information content (AvgIpc) is 3.16. The maximum Gasteiger partial charge on any atom is 0.222 e. The third-order valence-corrected chi connectivity index (χ3v) is 11.0. The van der Waals surface area contributed by atoms with Crippen LogP contribution in [0.15, 0.2) is 48.8 Å². The molecule has 1 aliphatic heterocycles. The molecule has 2 aliphatic rings. The van der Waals surface area contributed by atoms with Crippen molar-refractivity contribution < 1.29 is 4.68 Å². The largest absolute Gasteiger partial charge is 0.222 e. The molecule has 0 spiro atoms. The van der Waals surface area contributed by atoms with Gasteiger partial charge in [-0.05, 0) is 36.5 Å². The molecule has 3 heteroatoms. The quantitative estimate of drug-likeness (QED) is 0.250. The van der Waals surface area contributed by atoms with Crippen LogP contribution in [-0.4, -0.2) is 24.2 Å². The summed E-state index contributed by atoms with van der Waals surface area (Å²) in [5, 5.41) is 1.58. The van der Waals surface area contributed by atoms with Crippen molar-refractivity contribution in [2.24, 2.45) is 0 Å². The molecule has 0 saturated heterocycles. The van der Waals surface area contributed by atoms with Crippen molar-refractivity contribution in [2.45, 2.75) is 70.3 Å². The molecule has 150 valence electrons. The van der Waals surface area contributed by atoms with Gasteiger partial charge in [0, 0.05) is 25.8 Å². The summed E-state index contributed by atoms with van der Waals surface area (Å²) in [5.41, 5.74) is 4.56. The predicted molar refractivity (Wildman–Crippen MR) is 123 cm³/mol. The molecule has 2 heterocycles. The summed E-state index contributed by atoms with van der Waals surface area (Å²) < 4.78 is 4.91. The van der Waals surface area contributed by atoms with Gasteiger partial charge in [0.25, 0.3) is 0 Å². The first-order chi connectivity index (χ1) is 13.4. The zero-order valence-electron chi connectivity index (χ0n) is 18.5. The van der Waals surface area contributed by atoms with Crippen molar-refractivity contribution in [3.8, 4) is 5.69 Å². The van der Waals surface area contributed by atoms with Gasteiger partial charge in [-0.1, -0.05) is 46.3 Å². The number of aromatic nitrogens is 2. The molecule has 0 N–H and O–H groups in total. The molecule has 2 nitrogen and oxygen atoms in total. The van der Waals surface area contributed by atoms with Crippen molar-refractivity contribution >= 4 is 12.6 Å². The van der Waals surface area contributed by atoms with Gasteiger partial charge in [-0.3, -0.25) is 0 Å². The molecular formula is C25H37N2P+2. The molecular weight excluding hydrogens is 359 g/mol. The standard InChI is InChI=1S/C25H37N2P/c1-7-10-11-17-28(5,6)21-13-14-22-23(18-21)26-15-12-16-27(26)25(9-3)20(4)19-24(22,25)8-2/h12-16,18H,4,7-11,17,19H2,1-3,5-6H3/q+2. The normalized spacial score (nSPS) is 25.7. The molecule has 28 heavy (non-hydrogen) atoms. The lowest BCUT2D eigenvalue weighted by molar-refractivity contribution is -0.839. The Hall–Kier alpha value is -1.40. The molecule has 2 atom stereocenters. The molecule has 2 unspecified atom stereocenters. The Morgan fingerprint density at radius 3 is 2.57 bits per heavy atom. The molecule has 0 radical (unpaired) electrons. The van der Waals surface area contributed by atoms with E-state index in [2.05, 4.69) is 86.7 Å². The fraction of sp³-hybridized carbons (Fsp3) is 0.560. The van der Waals surface area contributed by atoms with Gasteiger partial charge in [0.2, 0.25) is 5.54 Å². The summed E-state index contributed by atoms with van der Waals surface area (Å²) in [4.78, 5) is 0. The number of unbranched alkanes of at least 4 members (excludes halogenated alkanes) is 2.